The van der Waals surface area contributed by atoms with Crippen LogP contribution in [0.3, 0.4) is 0 Å². The first-order valence-corrected chi connectivity index (χ1v) is 9.30. The maximum absolute atomic E-state index is 12.7. The van der Waals surface area contributed by atoms with E-state index in [2.05, 4.69) is 29.2 Å². The van der Waals surface area contributed by atoms with Crippen molar-refractivity contribution in [3.63, 3.8) is 0 Å². The highest BCUT2D eigenvalue weighted by Crippen LogP contribution is 2.29. The van der Waals surface area contributed by atoms with Crippen molar-refractivity contribution in [3.8, 4) is 0 Å². The Labute approximate surface area is 151 Å². The van der Waals surface area contributed by atoms with Gasteiger partial charge in [-0.2, -0.15) is 5.10 Å². The van der Waals surface area contributed by atoms with Crippen LogP contribution in [0, 0.1) is 11.8 Å². The minimum Gasteiger partial charge on any atom is -0.351 e. The van der Waals surface area contributed by atoms with Crippen LogP contribution in [0.15, 0.2) is 35.3 Å². The fraction of sp³-hybridized carbons (Fsp3) is 0.450. The lowest BCUT2D eigenvalue weighted by atomic mass is 9.78. The van der Waals surface area contributed by atoms with Crippen molar-refractivity contribution in [1.29, 1.82) is 0 Å². The average Bonchev–Trinajstić information content (AvgIpc) is 3.01. The predicted molar refractivity (Wildman–Crippen MR) is 102 cm³/mol. The number of H-pyrrole nitrogens is 1. The Bertz CT molecular complexity index is 1020. The van der Waals surface area contributed by atoms with Gasteiger partial charge in [0.1, 0.15) is 12.1 Å². The van der Waals surface area contributed by atoms with Gasteiger partial charge in [0, 0.05) is 22.3 Å². The molecule has 0 saturated heterocycles. The van der Waals surface area contributed by atoms with Crippen molar-refractivity contribution in [2.45, 2.75) is 45.7 Å². The second-order valence-corrected chi connectivity index (χ2v) is 7.51. The van der Waals surface area contributed by atoms with Gasteiger partial charge in [-0.3, -0.25) is 9.59 Å². The third-order valence-corrected chi connectivity index (χ3v) is 5.87. The number of hydrogen-bond donors (Lipinski definition) is 2. The minimum atomic E-state index is -0.265. The van der Waals surface area contributed by atoms with Crippen LogP contribution in [0.25, 0.3) is 21.8 Å². The average molecular weight is 352 g/mol. The zero-order chi connectivity index (χ0) is 18.3. The number of benzene rings is 1. The molecule has 4 rings (SSSR count). The molecule has 3 atom stereocenters. The Morgan fingerprint density at radius 1 is 1.27 bits per heavy atom. The number of nitrogens with zero attached hydrogens (tertiary/aromatic N) is 2. The van der Waals surface area contributed by atoms with E-state index in [4.69, 9.17) is 0 Å². The van der Waals surface area contributed by atoms with Gasteiger partial charge < -0.3 is 10.3 Å². The smallest absolute Gasteiger partial charge is 0.291 e. The van der Waals surface area contributed by atoms with Crippen LogP contribution in [-0.2, 0) is 11.3 Å². The van der Waals surface area contributed by atoms with Crippen LogP contribution in [0.5, 0.6) is 0 Å². The summed E-state index contributed by atoms with van der Waals surface area (Å²) < 4.78 is 1.24. The first-order valence-electron chi connectivity index (χ1n) is 9.30. The zero-order valence-corrected chi connectivity index (χ0v) is 15.2. The molecule has 0 unspecified atom stereocenters. The van der Waals surface area contributed by atoms with Crippen molar-refractivity contribution < 1.29 is 4.79 Å². The molecule has 1 fully saturated rings. The van der Waals surface area contributed by atoms with Gasteiger partial charge in [-0.1, -0.05) is 44.9 Å². The van der Waals surface area contributed by atoms with Crippen LogP contribution < -0.4 is 10.9 Å². The molecule has 1 amide bonds. The zero-order valence-electron chi connectivity index (χ0n) is 15.2. The summed E-state index contributed by atoms with van der Waals surface area (Å²) in [5.74, 6) is 0.909. The number of rotatable bonds is 3. The molecule has 0 radical (unpaired) electrons. The number of amides is 1. The molecule has 3 aromatic rings. The van der Waals surface area contributed by atoms with E-state index in [9.17, 15) is 9.59 Å². The van der Waals surface area contributed by atoms with E-state index in [0.29, 0.717) is 17.4 Å². The molecule has 0 bridgehead atoms. The molecule has 0 spiro atoms. The quantitative estimate of drug-likeness (QED) is 0.761. The Balaban J connectivity index is 1.57. The molecule has 2 N–H and O–H groups in total. The van der Waals surface area contributed by atoms with E-state index < -0.39 is 0 Å². The number of nitrogens with one attached hydrogen (secondary N) is 2. The molecular weight excluding hydrogens is 328 g/mol. The van der Waals surface area contributed by atoms with E-state index >= 15 is 0 Å². The summed E-state index contributed by atoms with van der Waals surface area (Å²) in [6, 6.07) is 7.92. The molecule has 2 aromatic heterocycles. The highest BCUT2D eigenvalue weighted by atomic mass is 16.2. The number of hydrogen-bond acceptors (Lipinski definition) is 3. The molecule has 1 aliphatic carbocycles. The van der Waals surface area contributed by atoms with E-state index in [-0.39, 0.29) is 24.1 Å². The van der Waals surface area contributed by atoms with Gasteiger partial charge >= 0.3 is 0 Å². The van der Waals surface area contributed by atoms with E-state index in [1.807, 2.05) is 24.3 Å². The monoisotopic (exact) mass is 352 g/mol. The fourth-order valence-electron chi connectivity index (χ4n) is 4.06. The molecule has 1 aliphatic rings. The summed E-state index contributed by atoms with van der Waals surface area (Å²) in [5, 5.41) is 9.07. The third kappa shape index (κ3) is 2.89. The predicted octanol–water partition coefficient (Wildman–Crippen LogP) is 2.82. The highest BCUT2D eigenvalue weighted by molar-refractivity contribution is 6.06. The lowest BCUT2D eigenvalue weighted by Gasteiger charge is -2.34. The summed E-state index contributed by atoms with van der Waals surface area (Å²) in [4.78, 5) is 28.4. The lowest BCUT2D eigenvalue weighted by molar-refractivity contribution is -0.123. The van der Waals surface area contributed by atoms with E-state index in [1.165, 1.54) is 11.1 Å². The number of fused-ring (bicyclic) bond motifs is 3. The van der Waals surface area contributed by atoms with Crippen LogP contribution in [0.4, 0.5) is 0 Å². The van der Waals surface area contributed by atoms with Crippen LogP contribution in [0.1, 0.15) is 33.1 Å². The molecule has 136 valence electrons. The Morgan fingerprint density at radius 3 is 2.92 bits per heavy atom. The minimum absolute atomic E-state index is 0.0538. The van der Waals surface area contributed by atoms with Gasteiger partial charge in [-0.15, -0.1) is 0 Å². The summed E-state index contributed by atoms with van der Waals surface area (Å²) in [7, 11) is 0. The number of carbonyl (C=O) groups is 1. The maximum Gasteiger partial charge on any atom is 0.291 e. The first-order chi connectivity index (χ1) is 12.5. The van der Waals surface area contributed by atoms with Gasteiger partial charge in [-0.05, 0) is 24.3 Å². The molecule has 2 heterocycles. The van der Waals surface area contributed by atoms with Gasteiger partial charge in [0.25, 0.3) is 5.56 Å². The van der Waals surface area contributed by atoms with Crippen molar-refractivity contribution in [2.75, 3.05) is 0 Å². The molecule has 6 nitrogen and oxygen atoms in total. The third-order valence-electron chi connectivity index (χ3n) is 5.87. The molecule has 0 aliphatic heterocycles. The van der Waals surface area contributed by atoms with Gasteiger partial charge in [0.15, 0.2) is 0 Å². The van der Waals surface area contributed by atoms with Gasteiger partial charge in [0.05, 0.1) is 6.20 Å². The molecule has 26 heavy (non-hydrogen) atoms. The Morgan fingerprint density at radius 2 is 2.08 bits per heavy atom. The second kappa shape index (κ2) is 6.59. The van der Waals surface area contributed by atoms with Crippen molar-refractivity contribution in [2.24, 2.45) is 11.8 Å². The van der Waals surface area contributed by atoms with Crippen molar-refractivity contribution in [3.05, 3.63) is 40.8 Å². The number of aromatic nitrogens is 3. The van der Waals surface area contributed by atoms with Crippen LogP contribution >= 0.6 is 0 Å². The number of carbonyl (C=O) groups excluding carboxylic acids is 1. The van der Waals surface area contributed by atoms with Crippen molar-refractivity contribution >= 4 is 27.7 Å². The highest BCUT2D eigenvalue weighted by Gasteiger charge is 2.28. The molecule has 1 aromatic carbocycles. The number of para-hydroxylation sites is 1. The summed E-state index contributed by atoms with van der Waals surface area (Å²) in [6.07, 6.45) is 5.01. The van der Waals surface area contributed by atoms with Crippen LogP contribution in [-0.4, -0.2) is 26.7 Å². The van der Waals surface area contributed by atoms with E-state index in [0.717, 1.165) is 29.1 Å². The molecular formula is C20H24N4O2. The van der Waals surface area contributed by atoms with Gasteiger partial charge in [-0.25, -0.2) is 4.68 Å². The number of aromatic amines is 1. The largest absolute Gasteiger partial charge is 0.351 e. The summed E-state index contributed by atoms with van der Waals surface area (Å²) >= 11 is 0. The maximum atomic E-state index is 12.7. The lowest BCUT2D eigenvalue weighted by Crippen LogP contribution is -2.45. The van der Waals surface area contributed by atoms with E-state index in [1.54, 1.807) is 6.20 Å². The molecule has 6 heteroatoms. The Hall–Kier alpha value is -2.63. The summed E-state index contributed by atoms with van der Waals surface area (Å²) in [5.41, 5.74) is 1.13. The van der Waals surface area contributed by atoms with Crippen LogP contribution in [0.2, 0.25) is 0 Å². The standard InChI is InChI=1S/C20H24N4O2/c1-12-6-5-9-16(13(12)2)22-18(25)11-24-20(26)19-15(10-21-24)14-7-3-4-8-17(14)23-19/h3-4,7-8,10,12-13,16,23H,5-6,9,11H2,1-2H3,(H,22,25)/t12-,13+,16+/m1/s1. The first kappa shape index (κ1) is 16.8. The SMILES string of the molecule is C[C@H]1[C@H](C)CCC[C@@H]1NC(=O)Cn1ncc2c([nH]c3ccccc32)c1=O. The van der Waals surface area contributed by atoms with Gasteiger partial charge in [0.2, 0.25) is 5.91 Å². The topological polar surface area (TPSA) is 79.8 Å². The normalized spacial score (nSPS) is 23.4. The Kier molecular flexibility index (Phi) is 4.26. The van der Waals surface area contributed by atoms with Crippen molar-refractivity contribution in [1.82, 2.24) is 20.1 Å². The second-order valence-electron chi connectivity index (χ2n) is 7.51. The molecule has 1 saturated carbocycles. The summed E-state index contributed by atoms with van der Waals surface area (Å²) in [6.45, 7) is 4.37. The fourth-order valence-corrected chi connectivity index (χ4v) is 4.06.